The van der Waals surface area contributed by atoms with Crippen molar-refractivity contribution in [2.24, 2.45) is 0 Å². The molecule has 0 aromatic heterocycles. The topological polar surface area (TPSA) is 73.2 Å². The standard InChI is InChI=1S/C21H17Cl2N3O2S/c1-12-5-3-4-6-17(12)26-20(28)18(10-13-7-8-15(22)16(23)9-13)29-21(26)14(11-24)19(27)25-2/h3-9,18H,10H2,1-2H3,(H,25,27)/b21-14-/t18-/m0/s1. The van der Waals surface area contributed by atoms with E-state index in [9.17, 15) is 14.9 Å². The Bertz CT molecular complexity index is 1060. The maximum Gasteiger partial charge on any atom is 0.264 e. The van der Waals surface area contributed by atoms with E-state index in [0.717, 1.165) is 11.1 Å². The number of nitrogens with one attached hydrogen (secondary N) is 1. The molecule has 148 valence electrons. The summed E-state index contributed by atoms with van der Waals surface area (Å²) in [6, 6.07) is 14.5. The molecule has 0 spiro atoms. The molecule has 0 unspecified atom stereocenters. The number of likely N-dealkylation sites (N-methyl/N-ethyl adjacent to an activating group) is 1. The number of benzene rings is 2. The number of carbonyl (C=O) groups is 2. The van der Waals surface area contributed by atoms with Gasteiger partial charge in [-0.2, -0.15) is 5.26 Å². The maximum atomic E-state index is 13.3. The van der Waals surface area contributed by atoms with Crippen LogP contribution in [-0.4, -0.2) is 24.1 Å². The van der Waals surface area contributed by atoms with Crippen LogP contribution in [0.5, 0.6) is 0 Å². The highest BCUT2D eigenvalue weighted by atomic mass is 35.5. The van der Waals surface area contributed by atoms with Gasteiger partial charge < -0.3 is 5.32 Å². The first-order chi connectivity index (χ1) is 13.9. The quantitative estimate of drug-likeness (QED) is 0.556. The third-order valence-electron chi connectivity index (χ3n) is 4.49. The Morgan fingerprint density at radius 3 is 2.59 bits per heavy atom. The first kappa shape index (κ1) is 21.3. The number of halogens is 2. The van der Waals surface area contributed by atoms with Crippen molar-refractivity contribution in [2.75, 3.05) is 11.9 Å². The fraction of sp³-hybridized carbons (Fsp3) is 0.190. The zero-order valence-corrected chi connectivity index (χ0v) is 18.0. The van der Waals surface area contributed by atoms with Gasteiger partial charge in [-0.05, 0) is 42.7 Å². The smallest absolute Gasteiger partial charge is 0.264 e. The van der Waals surface area contributed by atoms with Crippen LogP contribution in [0.15, 0.2) is 53.1 Å². The molecule has 8 heteroatoms. The molecular weight excluding hydrogens is 429 g/mol. The molecule has 1 heterocycles. The second-order valence-electron chi connectivity index (χ2n) is 6.39. The SMILES string of the molecule is CNC(=O)/C(C#N)=C1\S[C@@H](Cc2ccc(Cl)c(Cl)c2)C(=O)N1c1ccccc1C. The Kier molecular flexibility index (Phi) is 6.53. The van der Waals surface area contributed by atoms with Crippen LogP contribution in [0.1, 0.15) is 11.1 Å². The number of rotatable bonds is 4. The van der Waals surface area contributed by atoms with Crippen molar-refractivity contribution in [3.63, 3.8) is 0 Å². The van der Waals surface area contributed by atoms with Crippen LogP contribution in [0.2, 0.25) is 10.0 Å². The molecule has 1 fully saturated rings. The predicted octanol–water partition coefficient (Wildman–Crippen LogP) is 4.47. The molecule has 29 heavy (non-hydrogen) atoms. The lowest BCUT2D eigenvalue weighted by Gasteiger charge is -2.20. The number of thioether (sulfide) groups is 1. The molecule has 0 bridgehead atoms. The lowest BCUT2D eigenvalue weighted by molar-refractivity contribution is -0.117. The zero-order valence-electron chi connectivity index (χ0n) is 15.7. The highest BCUT2D eigenvalue weighted by Crippen LogP contribution is 2.43. The summed E-state index contributed by atoms with van der Waals surface area (Å²) in [6.45, 7) is 1.88. The maximum absolute atomic E-state index is 13.3. The van der Waals surface area contributed by atoms with Crippen LogP contribution in [0.3, 0.4) is 0 Å². The van der Waals surface area contributed by atoms with Crippen molar-refractivity contribution in [2.45, 2.75) is 18.6 Å². The molecule has 5 nitrogen and oxygen atoms in total. The number of hydrogen-bond acceptors (Lipinski definition) is 4. The van der Waals surface area contributed by atoms with Crippen LogP contribution in [0.4, 0.5) is 5.69 Å². The average molecular weight is 446 g/mol. The van der Waals surface area contributed by atoms with Gasteiger partial charge in [0.25, 0.3) is 5.91 Å². The van der Waals surface area contributed by atoms with E-state index >= 15 is 0 Å². The molecule has 0 aliphatic carbocycles. The molecule has 3 rings (SSSR count). The Labute approximate surface area is 183 Å². The first-order valence-corrected chi connectivity index (χ1v) is 10.4. The van der Waals surface area contributed by atoms with Gasteiger partial charge in [0.1, 0.15) is 16.7 Å². The molecule has 0 saturated carbocycles. The molecule has 1 aliphatic rings. The van der Waals surface area contributed by atoms with E-state index in [-0.39, 0.29) is 11.5 Å². The van der Waals surface area contributed by atoms with E-state index in [1.165, 1.54) is 23.7 Å². The Morgan fingerprint density at radius 1 is 1.24 bits per heavy atom. The van der Waals surface area contributed by atoms with Gasteiger partial charge in [0, 0.05) is 7.05 Å². The van der Waals surface area contributed by atoms with E-state index in [1.807, 2.05) is 37.3 Å². The van der Waals surface area contributed by atoms with Gasteiger partial charge >= 0.3 is 0 Å². The Balaban J connectivity index is 2.07. The fourth-order valence-corrected chi connectivity index (χ4v) is 4.65. The van der Waals surface area contributed by atoms with Gasteiger partial charge in [-0.3, -0.25) is 14.5 Å². The molecule has 1 saturated heterocycles. The fourth-order valence-electron chi connectivity index (χ4n) is 3.03. The first-order valence-electron chi connectivity index (χ1n) is 8.74. The van der Waals surface area contributed by atoms with E-state index < -0.39 is 11.2 Å². The van der Waals surface area contributed by atoms with Gasteiger partial charge in [0.15, 0.2) is 0 Å². The van der Waals surface area contributed by atoms with Crippen molar-refractivity contribution in [1.29, 1.82) is 5.26 Å². The number of anilines is 1. The summed E-state index contributed by atoms with van der Waals surface area (Å²) >= 11 is 13.3. The lowest BCUT2D eigenvalue weighted by Crippen LogP contribution is -2.31. The summed E-state index contributed by atoms with van der Waals surface area (Å²) in [4.78, 5) is 27.1. The van der Waals surface area contributed by atoms with Crippen LogP contribution in [-0.2, 0) is 16.0 Å². The minimum atomic E-state index is -0.531. The number of nitriles is 1. The van der Waals surface area contributed by atoms with Crippen molar-refractivity contribution < 1.29 is 9.59 Å². The third-order valence-corrected chi connectivity index (χ3v) is 6.50. The minimum Gasteiger partial charge on any atom is -0.354 e. The van der Waals surface area contributed by atoms with Crippen LogP contribution in [0, 0.1) is 18.3 Å². The third kappa shape index (κ3) is 4.27. The molecule has 2 aromatic rings. The second-order valence-corrected chi connectivity index (χ2v) is 8.40. The highest BCUT2D eigenvalue weighted by Gasteiger charge is 2.41. The van der Waals surface area contributed by atoms with Crippen molar-refractivity contribution in [1.82, 2.24) is 5.32 Å². The van der Waals surface area contributed by atoms with E-state index in [4.69, 9.17) is 23.2 Å². The molecule has 2 aromatic carbocycles. The molecule has 0 radical (unpaired) electrons. The average Bonchev–Trinajstić information content (AvgIpc) is 3.01. The second kappa shape index (κ2) is 8.91. The van der Waals surface area contributed by atoms with Gasteiger partial charge in [-0.1, -0.05) is 59.2 Å². The zero-order chi connectivity index (χ0) is 21.1. The highest BCUT2D eigenvalue weighted by molar-refractivity contribution is 8.05. The molecule has 2 amide bonds. The number of nitrogens with zero attached hydrogens (tertiary/aromatic N) is 2. The van der Waals surface area contributed by atoms with Crippen LogP contribution < -0.4 is 10.2 Å². The predicted molar refractivity (Wildman–Crippen MR) is 117 cm³/mol. The summed E-state index contributed by atoms with van der Waals surface area (Å²) in [6.07, 6.45) is 0.388. The summed E-state index contributed by atoms with van der Waals surface area (Å²) in [5.74, 6) is -0.724. The number of aryl methyl sites for hydroxylation is 1. The number of hydrogen-bond donors (Lipinski definition) is 1. The van der Waals surface area contributed by atoms with Gasteiger partial charge in [-0.25, -0.2) is 0 Å². The van der Waals surface area contributed by atoms with Crippen molar-refractivity contribution in [3.8, 4) is 6.07 Å². The summed E-state index contributed by atoms with van der Waals surface area (Å²) < 4.78 is 0. The Hall–Kier alpha value is -2.46. The van der Waals surface area contributed by atoms with Crippen molar-refractivity contribution in [3.05, 3.63) is 74.2 Å². The molecule has 1 N–H and O–H groups in total. The minimum absolute atomic E-state index is 0.0919. The van der Waals surface area contributed by atoms with Crippen LogP contribution in [0.25, 0.3) is 0 Å². The largest absolute Gasteiger partial charge is 0.354 e. The van der Waals surface area contributed by atoms with E-state index in [1.54, 1.807) is 18.2 Å². The number of amides is 2. The normalized spacial score (nSPS) is 17.8. The van der Waals surface area contributed by atoms with Crippen molar-refractivity contribution >= 4 is 52.5 Å². The monoisotopic (exact) mass is 445 g/mol. The summed E-state index contributed by atoms with van der Waals surface area (Å²) in [5.41, 5.74) is 2.26. The molecule has 1 aliphatic heterocycles. The summed E-state index contributed by atoms with van der Waals surface area (Å²) in [7, 11) is 1.45. The lowest BCUT2D eigenvalue weighted by atomic mass is 10.1. The van der Waals surface area contributed by atoms with Crippen LogP contribution >= 0.6 is 35.0 Å². The van der Waals surface area contributed by atoms with E-state index in [2.05, 4.69) is 5.32 Å². The van der Waals surface area contributed by atoms with E-state index in [0.29, 0.717) is 27.2 Å². The number of carbonyl (C=O) groups excluding carboxylic acids is 2. The van der Waals surface area contributed by atoms with Gasteiger partial charge in [0.2, 0.25) is 5.91 Å². The Morgan fingerprint density at radius 2 is 1.97 bits per heavy atom. The molecular formula is C21H17Cl2N3O2S. The summed E-state index contributed by atoms with van der Waals surface area (Å²) in [5, 5.41) is 12.7. The van der Waals surface area contributed by atoms with Gasteiger partial charge in [-0.15, -0.1) is 0 Å². The van der Waals surface area contributed by atoms with Gasteiger partial charge in [0.05, 0.1) is 21.0 Å². The molecule has 1 atom stereocenters. The number of para-hydroxylation sites is 1.